The molecule has 0 heterocycles. The molecule has 1 saturated carbocycles. The van der Waals surface area contributed by atoms with Crippen molar-refractivity contribution < 1.29 is 17.9 Å². The molecule has 0 saturated heterocycles. The van der Waals surface area contributed by atoms with Crippen LogP contribution >= 0.6 is 0 Å². The van der Waals surface area contributed by atoms with Crippen molar-refractivity contribution in [3.63, 3.8) is 0 Å². The molecule has 0 atom stereocenters. The van der Waals surface area contributed by atoms with Crippen LogP contribution in [0, 0.1) is 0 Å². The molecule has 0 amide bonds. The summed E-state index contributed by atoms with van der Waals surface area (Å²) >= 11 is 0. The third-order valence-corrected chi connectivity index (χ3v) is 6.89. The lowest BCUT2D eigenvalue weighted by atomic mass is 9.95. The Labute approximate surface area is 168 Å². The fourth-order valence-electron chi connectivity index (χ4n) is 3.59. The topological polar surface area (TPSA) is 55.8 Å². The van der Waals surface area contributed by atoms with Crippen LogP contribution in [0.4, 0.5) is 0 Å². The van der Waals surface area contributed by atoms with Gasteiger partial charge in [-0.15, -0.1) is 0 Å². The maximum Gasteiger partial charge on any atom is 0.217 e. The molecule has 0 bridgehead atoms. The van der Waals surface area contributed by atoms with Crippen LogP contribution in [-0.4, -0.2) is 44.3 Å². The van der Waals surface area contributed by atoms with Gasteiger partial charge < -0.3 is 9.47 Å². The Morgan fingerprint density at radius 1 is 0.786 bits per heavy atom. The summed E-state index contributed by atoms with van der Waals surface area (Å²) in [6.07, 6.45) is 5.18. The van der Waals surface area contributed by atoms with E-state index in [0.717, 1.165) is 31.4 Å². The average molecular weight is 404 g/mol. The van der Waals surface area contributed by atoms with Gasteiger partial charge in [-0.1, -0.05) is 55.7 Å². The number of sulfonamides is 1. The lowest BCUT2D eigenvalue weighted by molar-refractivity contribution is 0.208. The van der Waals surface area contributed by atoms with Gasteiger partial charge in [0, 0.05) is 12.6 Å². The first kappa shape index (κ1) is 20.7. The Hall–Kier alpha value is -2.05. The molecular weight excluding hydrogens is 374 g/mol. The zero-order chi connectivity index (χ0) is 19.7. The zero-order valence-corrected chi connectivity index (χ0v) is 17.0. The van der Waals surface area contributed by atoms with Crippen LogP contribution in [0.1, 0.15) is 32.1 Å². The first-order valence-corrected chi connectivity index (χ1v) is 11.6. The number of hydrogen-bond donors (Lipinski definition) is 0. The molecule has 1 aliphatic carbocycles. The van der Waals surface area contributed by atoms with E-state index < -0.39 is 10.0 Å². The molecule has 28 heavy (non-hydrogen) atoms. The molecule has 152 valence electrons. The van der Waals surface area contributed by atoms with Gasteiger partial charge in [0.05, 0.1) is 5.75 Å². The van der Waals surface area contributed by atoms with E-state index in [-0.39, 0.29) is 18.4 Å². The molecule has 5 nitrogen and oxygen atoms in total. The minimum atomic E-state index is -3.42. The van der Waals surface area contributed by atoms with E-state index in [4.69, 9.17) is 9.47 Å². The molecule has 6 heteroatoms. The summed E-state index contributed by atoms with van der Waals surface area (Å²) in [5.74, 6) is 1.43. The predicted molar refractivity (Wildman–Crippen MR) is 111 cm³/mol. The fourth-order valence-corrected chi connectivity index (χ4v) is 5.13. The summed E-state index contributed by atoms with van der Waals surface area (Å²) in [5, 5.41) is 0. The maximum atomic E-state index is 13.1. The second-order valence-electron chi connectivity index (χ2n) is 7.04. The Morgan fingerprint density at radius 3 is 1.89 bits per heavy atom. The van der Waals surface area contributed by atoms with Crippen molar-refractivity contribution in [1.82, 2.24) is 4.31 Å². The van der Waals surface area contributed by atoms with Gasteiger partial charge in [-0.05, 0) is 37.1 Å². The lowest BCUT2D eigenvalue weighted by Crippen LogP contribution is -2.45. The average Bonchev–Trinajstić information content (AvgIpc) is 2.73. The second kappa shape index (κ2) is 10.5. The van der Waals surface area contributed by atoms with Crippen LogP contribution in [0.15, 0.2) is 60.7 Å². The van der Waals surface area contributed by atoms with Gasteiger partial charge in [-0.2, -0.15) is 4.31 Å². The minimum Gasteiger partial charge on any atom is -0.492 e. The molecule has 0 N–H and O–H groups in total. The quantitative estimate of drug-likeness (QED) is 0.599. The molecule has 2 aromatic carbocycles. The molecule has 0 spiro atoms. The number of nitrogens with zero attached hydrogens (tertiary/aromatic N) is 1. The van der Waals surface area contributed by atoms with Crippen molar-refractivity contribution in [2.24, 2.45) is 0 Å². The summed E-state index contributed by atoms with van der Waals surface area (Å²) in [7, 11) is -3.42. The normalized spacial score (nSPS) is 15.5. The maximum absolute atomic E-state index is 13.1. The van der Waals surface area contributed by atoms with E-state index in [1.54, 1.807) is 4.31 Å². The highest BCUT2D eigenvalue weighted by Crippen LogP contribution is 2.25. The number of ether oxygens (including phenoxy) is 2. The Kier molecular flexibility index (Phi) is 7.74. The van der Waals surface area contributed by atoms with E-state index in [1.807, 2.05) is 60.7 Å². The highest BCUT2D eigenvalue weighted by atomic mass is 32.2. The number of para-hydroxylation sites is 2. The standard InChI is InChI=1S/C22H29NO4S/c24-28(25,19-18-27-22-14-8-3-9-15-22)23(20-10-4-1-5-11-20)16-17-26-21-12-6-2-7-13-21/h2-3,6-9,12-15,20H,1,4-5,10-11,16-19H2. The molecule has 2 aromatic rings. The van der Waals surface area contributed by atoms with Gasteiger partial charge in [0.2, 0.25) is 10.0 Å². The molecule has 0 aromatic heterocycles. The Bertz CT molecular complexity index is 790. The van der Waals surface area contributed by atoms with Gasteiger partial charge in [0.1, 0.15) is 24.7 Å². The second-order valence-corrected chi connectivity index (χ2v) is 9.08. The van der Waals surface area contributed by atoms with Crippen LogP contribution in [0.25, 0.3) is 0 Å². The number of hydrogen-bond acceptors (Lipinski definition) is 4. The molecule has 0 aliphatic heterocycles. The van der Waals surface area contributed by atoms with Crippen molar-refractivity contribution in [1.29, 1.82) is 0 Å². The Balaban J connectivity index is 1.59. The third-order valence-electron chi connectivity index (χ3n) is 5.02. The van der Waals surface area contributed by atoms with Crippen molar-refractivity contribution >= 4 is 10.0 Å². The summed E-state index contributed by atoms with van der Waals surface area (Å²) in [6, 6.07) is 18.9. The van der Waals surface area contributed by atoms with Crippen LogP contribution in [0.5, 0.6) is 11.5 Å². The van der Waals surface area contributed by atoms with Gasteiger partial charge in [0.15, 0.2) is 0 Å². The van der Waals surface area contributed by atoms with Crippen LogP contribution in [-0.2, 0) is 10.0 Å². The SMILES string of the molecule is O=S(=O)(CCOc1ccccc1)N(CCOc1ccccc1)C1CCCCC1. The smallest absolute Gasteiger partial charge is 0.217 e. The van der Waals surface area contributed by atoms with Crippen molar-refractivity contribution in [2.45, 2.75) is 38.1 Å². The van der Waals surface area contributed by atoms with E-state index >= 15 is 0 Å². The molecule has 1 fully saturated rings. The van der Waals surface area contributed by atoms with E-state index in [2.05, 4.69) is 0 Å². The predicted octanol–water partition coefficient (Wildman–Crippen LogP) is 4.11. The summed E-state index contributed by atoms with van der Waals surface area (Å²) in [4.78, 5) is 0. The van der Waals surface area contributed by atoms with E-state index in [0.29, 0.717) is 18.9 Å². The highest BCUT2D eigenvalue weighted by Gasteiger charge is 2.30. The molecule has 0 radical (unpaired) electrons. The molecule has 1 aliphatic rings. The monoisotopic (exact) mass is 403 g/mol. The van der Waals surface area contributed by atoms with Gasteiger partial charge in [-0.3, -0.25) is 0 Å². The van der Waals surface area contributed by atoms with Crippen molar-refractivity contribution in [2.75, 3.05) is 25.5 Å². The Morgan fingerprint density at radius 2 is 1.32 bits per heavy atom. The van der Waals surface area contributed by atoms with Crippen molar-refractivity contribution in [3.05, 3.63) is 60.7 Å². The summed E-state index contributed by atoms with van der Waals surface area (Å²) < 4.78 is 39.1. The number of rotatable bonds is 10. The first-order valence-electron chi connectivity index (χ1n) is 10.0. The third kappa shape index (κ3) is 6.24. The lowest BCUT2D eigenvalue weighted by Gasteiger charge is -2.33. The number of benzene rings is 2. The molecule has 0 unspecified atom stereocenters. The zero-order valence-electron chi connectivity index (χ0n) is 16.2. The van der Waals surface area contributed by atoms with E-state index in [1.165, 1.54) is 6.42 Å². The first-order chi connectivity index (χ1) is 13.6. The van der Waals surface area contributed by atoms with Gasteiger partial charge in [0.25, 0.3) is 0 Å². The largest absolute Gasteiger partial charge is 0.492 e. The van der Waals surface area contributed by atoms with Gasteiger partial charge >= 0.3 is 0 Å². The molecule has 3 rings (SSSR count). The molecular formula is C22H29NO4S. The summed E-state index contributed by atoms with van der Waals surface area (Å²) in [6.45, 7) is 0.863. The van der Waals surface area contributed by atoms with Crippen molar-refractivity contribution in [3.8, 4) is 11.5 Å². The van der Waals surface area contributed by atoms with Crippen LogP contribution < -0.4 is 9.47 Å². The minimum absolute atomic E-state index is 0.0241. The van der Waals surface area contributed by atoms with Crippen LogP contribution in [0.3, 0.4) is 0 Å². The van der Waals surface area contributed by atoms with Gasteiger partial charge in [-0.25, -0.2) is 8.42 Å². The van der Waals surface area contributed by atoms with Crippen LogP contribution in [0.2, 0.25) is 0 Å². The highest BCUT2D eigenvalue weighted by molar-refractivity contribution is 7.89. The van der Waals surface area contributed by atoms with E-state index in [9.17, 15) is 8.42 Å². The summed E-state index contributed by atoms with van der Waals surface area (Å²) in [5.41, 5.74) is 0. The fraction of sp³-hybridized carbons (Fsp3) is 0.455.